The van der Waals surface area contributed by atoms with E-state index in [9.17, 15) is 15.2 Å². The third kappa shape index (κ3) is 2.29. The minimum Gasteiger partial charge on any atom is -0.394 e. The first-order valence-electron chi connectivity index (χ1n) is 5.70. The molecule has 0 spiro atoms. The normalized spacial score (nSPS) is 18.6. The van der Waals surface area contributed by atoms with E-state index in [0.717, 1.165) is 0 Å². The summed E-state index contributed by atoms with van der Waals surface area (Å²) in [6.07, 6.45) is 2.59. The van der Waals surface area contributed by atoms with Crippen molar-refractivity contribution in [2.45, 2.75) is 18.4 Å². The zero-order valence-corrected chi connectivity index (χ0v) is 10.1. The summed E-state index contributed by atoms with van der Waals surface area (Å²) in [5.74, 6) is 0.0905. The number of rotatable bonds is 4. The lowest BCUT2D eigenvalue weighted by atomic mass is 9.91. The number of imidazole rings is 1. The molecule has 0 aliphatic carbocycles. The molecule has 0 atom stereocenters. The highest BCUT2D eigenvalue weighted by Gasteiger charge is 2.35. The summed E-state index contributed by atoms with van der Waals surface area (Å²) in [5.41, 5.74) is -0.573. The Morgan fingerprint density at radius 1 is 1.67 bits per heavy atom. The molecule has 0 aromatic carbocycles. The molecule has 1 aliphatic rings. The van der Waals surface area contributed by atoms with E-state index in [-0.39, 0.29) is 12.4 Å². The lowest BCUT2D eigenvalue weighted by Gasteiger charge is -2.36. The maximum absolute atomic E-state index is 10.9. The van der Waals surface area contributed by atoms with E-state index in [0.29, 0.717) is 31.9 Å². The van der Waals surface area contributed by atoms with Crippen molar-refractivity contribution in [3.63, 3.8) is 0 Å². The van der Waals surface area contributed by atoms with Crippen LogP contribution in [0.3, 0.4) is 0 Å². The zero-order chi connectivity index (χ0) is 13.2. The minimum atomic E-state index is -0.573. The maximum atomic E-state index is 10.9. The number of aromatic nitrogens is 2. The van der Waals surface area contributed by atoms with Gasteiger partial charge in [-0.25, -0.2) is 0 Å². The van der Waals surface area contributed by atoms with Gasteiger partial charge in [0, 0.05) is 20.3 Å². The van der Waals surface area contributed by atoms with Crippen LogP contribution in [-0.4, -0.2) is 44.9 Å². The average molecular weight is 256 g/mol. The van der Waals surface area contributed by atoms with Gasteiger partial charge in [0.2, 0.25) is 12.1 Å². The number of nitrogens with zero attached hydrogens (tertiary/aromatic N) is 3. The highest BCUT2D eigenvalue weighted by molar-refractivity contribution is 5.54. The van der Waals surface area contributed by atoms with Crippen molar-refractivity contribution in [2.75, 3.05) is 25.1 Å². The predicted molar refractivity (Wildman–Crippen MR) is 63.4 cm³/mol. The van der Waals surface area contributed by atoms with Crippen molar-refractivity contribution in [3.8, 4) is 0 Å². The third-order valence-electron chi connectivity index (χ3n) is 3.23. The zero-order valence-electron chi connectivity index (χ0n) is 10.1. The number of ether oxygens (including phenoxy) is 1. The second kappa shape index (κ2) is 4.91. The second-order valence-corrected chi connectivity index (χ2v) is 4.46. The van der Waals surface area contributed by atoms with E-state index in [1.165, 1.54) is 6.33 Å². The molecule has 1 aromatic heterocycles. The molecule has 1 aliphatic heterocycles. The summed E-state index contributed by atoms with van der Waals surface area (Å²) in [7, 11) is 1.67. The Bertz CT molecular complexity index is 439. The first-order valence-corrected chi connectivity index (χ1v) is 5.70. The van der Waals surface area contributed by atoms with Gasteiger partial charge in [0.1, 0.15) is 0 Å². The van der Waals surface area contributed by atoms with E-state index in [1.807, 2.05) is 0 Å². The first kappa shape index (κ1) is 12.8. The lowest BCUT2D eigenvalue weighted by Crippen LogP contribution is -2.47. The van der Waals surface area contributed by atoms with Crippen LogP contribution in [0.1, 0.15) is 12.8 Å². The van der Waals surface area contributed by atoms with E-state index < -0.39 is 10.5 Å². The first-order chi connectivity index (χ1) is 8.58. The molecule has 2 heterocycles. The number of aryl methyl sites for hydroxylation is 1. The fourth-order valence-corrected chi connectivity index (χ4v) is 2.03. The van der Waals surface area contributed by atoms with Crippen molar-refractivity contribution < 1.29 is 14.8 Å². The molecule has 0 saturated carbocycles. The molecular formula is C10H16N4O4. The lowest BCUT2D eigenvalue weighted by molar-refractivity contribution is -0.388. The summed E-state index contributed by atoms with van der Waals surface area (Å²) in [6.45, 7) is 0.955. The van der Waals surface area contributed by atoms with Crippen molar-refractivity contribution in [2.24, 2.45) is 7.05 Å². The number of anilines is 1. The highest BCUT2D eigenvalue weighted by Crippen LogP contribution is 2.30. The van der Waals surface area contributed by atoms with Gasteiger partial charge in [-0.15, -0.1) is 0 Å². The average Bonchev–Trinajstić information content (AvgIpc) is 2.72. The Morgan fingerprint density at radius 2 is 2.33 bits per heavy atom. The van der Waals surface area contributed by atoms with Crippen LogP contribution in [0.25, 0.3) is 0 Å². The van der Waals surface area contributed by atoms with E-state index in [4.69, 9.17) is 4.74 Å². The van der Waals surface area contributed by atoms with Crippen LogP contribution >= 0.6 is 0 Å². The van der Waals surface area contributed by atoms with Gasteiger partial charge in [0.05, 0.1) is 12.1 Å². The fraction of sp³-hybridized carbons (Fsp3) is 0.700. The van der Waals surface area contributed by atoms with E-state index >= 15 is 0 Å². The molecule has 2 N–H and O–H groups in total. The van der Waals surface area contributed by atoms with E-state index in [1.54, 1.807) is 11.6 Å². The summed E-state index contributed by atoms with van der Waals surface area (Å²) in [5, 5.41) is 23.5. The van der Waals surface area contributed by atoms with Gasteiger partial charge >= 0.3 is 5.82 Å². The number of nitro groups is 1. The van der Waals surface area contributed by atoms with Crippen LogP contribution in [0.5, 0.6) is 0 Å². The number of nitrogens with one attached hydrogen (secondary N) is 1. The number of aliphatic hydroxyl groups excluding tert-OH is 1. The van der Waals surface area contributed by atoms with Crippen LogP contribution in [-0.2, 0) is 11.8 Å². The Labute approximate surface area is 104 Å². The standard InChI is InChI=1S/C10H16N4O4/c1-13-7-11-8(14(16)17)9(13)12-10(6-15)2-4-18-5-3-10/h7,12,15H,2-6H2,1H3. The van der Waals surface area contributed by atoms with Crippen LogP contribution in [0.15, 0.2) is 6.33 Å². The van der Waals surface area contributed by atoms with Gasteiger partial charge in [-0.1, -0.05) is 0 Å². The fourth-order valence-electron chi connectivity index (χ4n) is 2.03. The molecule has 0 unspecified atom stereocenters. The van der Waals surface area contributed by atoms with Gasteiger partial charge in [-0.2, -0.15) is 0 Å². The monoisotopic (exact) mass is 256 g/mol. The summed E-state index contributed by atoms with van der Waals surface area (Å²) in [6, 6.07) is 0. The topological polar surface area (TPSA) is 102 Å². The molecule has 1 aromatic rings. The molecule has 8 heteroatoms. The molecule has 2 rings (SSSR count). The molecule has 18 heavy (non-hydrogen) atoms. The van der Waals surface area contributed by atoms with Crippen molar-refractivity contribution in [3.05, 3.63) is 16.4 Å². The molecule has 1 fully saturated rings. The van der Waals surface area contributed by atoms with Crippen LogP contribution < -0.4 is 5.32 Å². The Morgan fingerprint density at radius 3 is 2.89 bits per heavy atom. The van der Waals surface area contributed by atoms with Crippen molar-refractivity contribution >= 4 is 11.6 Å². The molecular weight excluding hydrogens is 240 g/mol. The Balaban J connectivity index is 2.26. The summed E-state index contributed by atoms with van der Waals surface area (Å²) >= 11 is 0. The van der Waals surface area contributed by atoms with Gasteiger partial charge < -0.3 is 25.3 Å². The van der Waals surface area contributed by atoms with Crippen molar-refractivity contribution in [1.82, 2.24) is 9.55 Å². The third-order valence-corrected chi connectivity index (χ3v) is 3.23. The number of hydrogen-bond donors (Lipinski definition) is 2. The van der Waals surface area contributed by atoms with Crippen LogP contribution in [0.2, 0.25) is 0 Å². The minimum absolute atomic E-state index is 0.0985. The van der Waals surface area contributed by atoms with Crippen molar-refractivity contribution in [1.29, 1.82) is 0 Å². The number of aliphatic hydroxyl groups is 1. The molecule has 100 valence electrons. The van der Waals surface area contributed by atoms with Gasteiger partial charge in [0.25, 0.3) is 0 Å². The molecule has 0 radical (unpaired) electrons. The Kier molecular flexibility index (Phi) is 3.48. The predicted octanol–water partition coefficient (Wildman–Crippen LogP) is 0.282. The second-order valence-electron chi connectivity index (χ2n) is 4.46. The van der Waals surface area contributed by atoms with Gasteiger partial charge in [-0.05, 0) is 22.7 Å². The quantitative estimate of drug-likeness (QED) is 0.592. The SMILES string of the molecule is Cn1cnc([N+](=O)[O-])c1NC1(CO)CCOCC1. The molecule has 8 nitrogen and oxygen atoms in total. The molecule has 0 amide bonds. The van der Waals surface area contributed by atoms with Crippen LogP contribution in [0, 0.1) is 10.1 Å². The largest absolute Gasteiger partial charge is 0.406 e. The smallest absolute Gasteiger partial charge is 0.394 e. The molecule has 0 bridgehead atoms. The van der Waals surface area contributed by atoms with Crippen LogP contribution in [0.4, 0.5) is 11.6 Å². The summed E-state index contributed by atoms with van der Waals surface area (Å²) in [4.78, 5) is 14.1. The van der Waals surface area contributed by atoms with E-state index in [2.05, 4.69) is 10.3 Å². The highest BCUT2D eigenvalue weighted by atomic mass is 16.6. The maximum Gasteiger partial charge on any atom is 0.406 e. The Hall–Kier alpha value is -1.67. The number of hydrogen-bond acceptors (Lipinski definition) is 6. The van der Waals surface area contributed by atoms with Gasteiger partial charge in [-0.3, -0.25) is 4.57 Å². The molecule has 1 saturated heterocycles. The van der Waals surface area contributed by atoms with Gasteiger partial charge in [0.15, 0.2) is 0 Å². The summed E-state index contributed by atoms with van der Waals surface area (Å²) < 4.78 is 6.79.